The molecule has 0 aliphatic carbocycles. The summed E-state index contributed by atoms with van der Waals surface area (Å²) in [6.45, 7) is 0.362. The van der Waals surface area contributed by atoms with Gasteiger partial charge in [0.05, 0.1) is 24.0 Å². The van der Waals surface area contributed by atoms with E-state index in [1.807, 2.05) is 4.90 Å². The van der Waals surface area contributed by atoms with Crippen LogP contribution in [-0.4, -0.2) is 59.2 Å². The van der Waals surface area contributed by atoms with Crippen LogP contribution in [0.3, 0.4) is 0 Å². The molecule has 6 nitrogen and oxygen atoms in total. The van der Waals surface area contributed by atoms with Crippen LogP contribution < -0.4 is 4.90 Å². The fourth-order valence-electron chi connectivity index (χ4n) is 4.32. The van der Waals surface area contributed by atoms with E-state index in [0.29, 0.717) is 24.2 Å². The van der Waals surface area contributed by atoms with Crippen molar-refractivity contribution < 1.29 is 33.3 Å². The van der Waals surface area contributed by atoms with Gasteiger partial charge in [0.25, 0.3) is 0 Å². The highest BCUT2D eigenvalue weighted by atomic mass is 19.4. The monoisotopic (exact) mass is 476 g/mol. The quantitative estimate of drug-likeness (QED) is 0.396. The maximum Gasteiger partial charge on any atom is 0.418 e. The summed E-state index contributed by atoms with van der Waals surface area (Å²) in [4.78, 5) is 14.6. The molecule has 2 unspecified atom stereocenters. The molecule has 9 heteroatoms. The van der Waals surface area contributed by atoms with E-state index >= 15 is 0 Å². The lowest BCUT2D eigenvalue weighted by Crippen LogP contribution is -2.31. The molecular weight excluding hydrogens is 449 g/mol. The Kier molecular flexibility index (Phi) is 8.31. The van der Waals surface area contributed by atoms with E-state index < -0.39 is 54.8 Å². The van der Waals surface area contributed by atoms with Gasteiger partial charge in [-0.25, -0.2) is 0 Å². The van der Waals surface area contributed by atoms with E-state index in [2.05, 4.69) is 0 Å². The van der Waals surface area contributed by atoms with Crippen molar-refractivity contribution in [2.75, 3.05) is 24.6 Å². The molecule has 0 spiro atoms. The van der Waals surface area contributed by atoms with Gasteiger partial charge in [0.15, 0.2) is 5.78 Å². The number of allylic oxidation sites excluding steroid dienone is 2. The summed E-state index contributed by atoms with van der Waals surface area (Å²) in [6.07, 6.45) is -6.39. The number of aliphatic hydroxyl groups excluding tert-OH is 3. The second-order valence-electron chi connectivity index (χ2n) is 8.37. The number of carbonyl (C=O) groups excluding carboxylic acids is 1. The predicted molar refractivity (Wildman–Crippen MR) is 122 cm³/mol. The van der Waals surface area contributed by atoms with Gasteiger partial charge < -0.3 is 20.2 Å². The van der Waals surface area contributed by atoms with Crippen LogP contribution in [0.4, 0.5) is 18.9 Å². The first-order valence-corrected chi connectivity index (χ1v) is 11.2. The Morgan fingerprint density at radius 1 is 1.06 bits per heavy atom. The molecule has 0 bridgehead atoms. The first-order valence-electron chi connectivity index (χ1n) is 11.2. The number of rotatable bonds is 8. The highest BCUT2D eigenvalue weighted by Gasteiger charge is 2.41. The maximum absolute atomic E-state index is 14.4. The molecule has 2 atom stereocenters. The highest BCUT2D eigenvalue weighted by molar-refractivity contribution is 6.10. The zero-order valence-corrected chi connectivity index (χ0v) is 18.6. The van der Waals surface area contributed by atoms with E-state index in [1.54, 1.807) is 30.3 Å². The number of benzene rings is 2. The van der Waals surface area contributed by atoms with Gasteiger partial charge in [-0.05, 0) is 31.1 Å². The smallest absolute Gasteiger partial charge is 0.394 e. The molecule has 34 heavy (non-hydrogen) atoms. The van der Waals surface area contributed by atoms with Gasteiger partial charge in [0, 0.05) is 30.5 Å². The van der Waals surface area contributed by atoms with Crippen molar-refractivity contribution in [3.05, 3.63) is 47.5 Å². The molecule has 1 heterocycles. The van der Waals surface area contributed by atoms with Crippen molar-refractivity contribution in [3.63, 3.8) is 0 Å². The van der Waals surface area contributed by atoms with Gasteiger partial charge in [0.2, 0.25) is 0 Å². The molecule has 0 radical (unpaired) electrons. The van der Waals surface area contributed by atoms with Crippen LogP contribution in [0.1, 0.15) is 37.7 Å². The minimum atomic E-state index is -4.99. The number of alkyl halides is 3. The number of aliphatic hydroxyl groups is 3. The standard InChI is InChI=1S/C25H27F3N2O4/c26-25(27,28)23(19(14-29)20(32)10-11-21(33)22(34)15-31)18-9-8-16-6-2-3-7-17(16)24(18)30-12-4-1-5-13-30/h2-3,6-9,21-22,31,33-34H,1,4-5,10-13,15H2/b23-19-. The summed E-state index contributed by atoms with van der Waals surface area (Å²) < 4.78 is 43.3. The Morgan fingerprint density at radius 2 is 1.74 bits per heavy atom. The molecule has 1 aliphatic heterocycles. The Morgan fingerprint density at radius 3 is 2.35 bits per heavy atom. The topological polar surface area (TPSA) is 105 Å². The minimum Gasteiger partial charge on any atom is -0.394 e. The van der Waals surface area contributed by atoms with Gasteiger partial charge in [-0.1, -0.05) is 36.4 Å². The summed E-state index contributed by atoms with van der Waals surface area (Å²) in [6, 6.07) is 11.4. The van der Waals surface area contributed by atoms with Crippen LogP contribution in [0.15, 0.2) is 42.0 Å². The summed E-state index contributed by atoms with van der Waals surface area (Å²) >= 11 is 0. The van der Waals surface area contributed by atoms with Crippen molar-refractivity contribution in [2.45, 2.75) is 50.5 Å². The average molecular weight is 476 g/mol. The number of nitrogens with zero attached hydrogens (tertiary/aromatic N) is 2. The van der Waals surface area contributed by atoms with Crippen molar-refractivity contribution in [1.29, 1.82) is 5.26 Å². The van der Waals surface area contributed by atoms with Crippen LogP contribution in [0, 0.1) is 11.3 Å². The predicted octanol–water partition coefficient (Wildman–Crippen LogP) is 3.73. The Balaban J connectivity index is 2.17. The molecule has 1 saturated heterocycles. The Hall–Kier alpha value is -2.93. The number of hydrogen-bond acceptors (Lipinski definition) is 6. The van der Waals surface area contributed by atoms with Gasteiger partial charge in [-0.3, -0.25) is 4.79 Å². The summed E-state index contributed by atoms with van der Waals surface area (Å²) in [5, 5.41) is 39.1. The third kappa shape index (κ3) is 5.58. The van der Waals surface area contributed by atoms with Gasteiger partial charge in [-0.15, -0.1) is 0 Å². The van der Waals surface area contributed by atoms with E-state index in [9.17, 15) is 33.4 Å². The molecule has 2 aromatic carbocycles. The molecular formula is C25H27F3N2O4. The number of anilines is 1. The number of nitriles is 1. The van der Waals surface area contributed by atoms with Crippen molar-refractivity contribution >= 4 is 27.8 Å². The molecule has 0 amide bonds. The van der Waals surface area contributed by atoms with E-state index in [1.165, 1.54) is 12.1 Å². The first kappa shape index (κ1) is 25.7. The number of carbonyl (C=O) groups is 1. The lowest BCUT2D eigenvalue weighted by atomic mass is 9.90. The molecule has 1 aliphatic rings. The van der Waals surface area contributed by atoms with E-state index in [0.717, 1.165) is 24.6 Å². The number of hydrogen-bond donors (Lipinski definition) is 3. The van der Waals surface area contributed by atoms with Crippen LogP contribution in [-0.2, 0) is 4.79 Å². The number of piperidine rings is 1. The van der Waals surface area contributed by atoms with Crippen LogP contribution in [0.2, 0.25) is 0 Å². The number of ketones is 1. The van der Waals surface area contributed by atoms with Crippen LogP contribution in [0.25, 0.3) is 16.3 Å². The molecule has 182 valence electrons. The van der Waals surface area contributed by atoms with E-state index in [4.69, 9.17) is 5.11 Å². The fourth-order valence-corrected chi connectivity index (χ4v) is 4.32. The third-order valence-electron chi connectivity index (χ3n) is 6.06. The number of halogens is 3. The molecule has 2 aromatic rings. The molecule has 0 saturated carbocycles. The second-order valence-corrected chi connectivity index (χ2v) is 8.37. The zero-order chi connectivity index (χ0) is 24.9. The van der Waals surface area contributed by atoms with Crippen molar-refractivity contribution in [2.24, 2.45) is 0 Å². The largest absolute Gasteiger partial charge is 0.418 e. The maximum atomic E-state index is 14.4. The lowest BCUT2D eigenvalue weighted by molar-refractivity contribution is -0.116. The normalized spacial score (nSPS) is 17.1. The van der Waals surface area contributed by atoms with Crippen molar-refractivity contribution in [1.82, 2.24) is 0 Å². The van der Waals surface area contributed by atoms with Gasteiger partial charge >= 0.3 is 6.18 Å². The summed E-state index contributed by atoms with van der Waals surface area (Å²) in [5.41, 5.74) is -2.22. The SMILES string of the molecule is N#C/C(C(=O)CCC(O)C(O)CO)=C(\c1ccc2ccccc2c1N1CCCCC1)C(F)(F)F. The molecule has 3 rings (SSSR count). The minimum absolute atomic E-state index is 0.228. The van der Waals surface area contributed by atoms with E-state index in [-0.39, 0.29) is 5.56 Å². The molecule has 3 N–H and O–H groups in total. The summed E-state index contributed by atoms with van der Waals surface area (Å²) in [7, 11) is 0. The van der Waals surface area contributed by atoms with Crippen molar-refractivity contribution in [3.8, 4) is 6.07 Å². The zero-order valence-electron chi connectivity index (χ0n) is 18.6. The van der Waals surface area contributed by atoms with Crippen LogP contribution >= 0.6 is 0 Å². The fraction of sp³-hybridized carbons (Fsp3) is 0.440. The second kappa shape index (κ2) is 11.0. The number of Topliss-reactive ketones (excluding diaryl/α,β-unsaturated/α-hetero) is 1. The Labute approximate surface area is 195 Å². The Bertz CT molecular complexity index is 1100. The third-order valence-corrected chi connectivity index (χ3v) is 6.06. The van der Waals surface area contributed by atoms with Gasteiger partial charge in [-0.2, -0.15) is 18.4 Å². The molecule has 1 fully saturated rings. The number of fused-ring (bicyclic) bond motifs is 1. The summed E-state index contributed by atoms with van der Waals surface area (Å²) in [5.74, 6) is -1.09. The lowest BCUT2D eigenvalue weighted by Gasteiger charge is -2.32. The first-order chi connectivity index (χ1) is 16.2. The highest BCUT2D eigenvalue weighted by Crippen LogP contribution is 2.44. The van der Waals surface area contributed by atoms with Gasteiger partial charge in [0.1, 0.15) is 17.7 Å². The molecule has 0 aromatic heterocycles. The average Bonchev–Trinajstić information content (AvgIpc) is 2.84. The van der Waals surface area contributed by atoms with Crippen LogP contribution in [0.5, 0.6) is 0 Å².